The van der Waals surface area contributed by atoms with Gasteiger partial charge in [-0.15, -0.1) is 0 Å². The highest BCUT2D eigenvalue weighted by atomic mass is 16.5. The molecular weight excluding hydrogens is 430 g/mol. The molecule has 0 saturated carbocycles. The van der Waals surface area contributed by atoms with Crippen molar-refractivity contribution in [2.45, 2.75) is 19.9 Å². The van der Waals surface area contributed by atoms with Gasteiger partial charge in [0.15, 0.2) is 0 Å². The molecule has 0 spiro atoms. The van der Waals surface area contributed by atoms with Crippen LogP contribution in [-0.4, -0.2) is 31.4 Å². The van der Waals surface area contributed by atoms with Crippen LogP contribution in [0.4, 0.5) is 11.4 Å². The summed E-state index contributed by atoms with van der Waals surface area (Å²) in [5.41, 5.74) is 3.55. The number of hydrogen-bond donors (Lipinski definition) is 2. The summed E-state index contributed by atoms with van der Waals surface area (Å²) in [4.78, 5) is 40.0. The highest BCUT2D eigenvalue weighted by Gasteiger charge is 2.35. The molecule has 0 bridgehead atoms. The van der Waals surface area contributed by atoms with E-state index in [1.807, 2.05) is 55.5 Å². The molecule has 1 saturated heterocycles. The molecule has 0 aromatic heterocycles. The van der Waals surface area contributed by atoms with E-state index in [2.05, 4.69) is 10.6 Å². The van der Waals surface area contributed by atoms with Crippen LogP contribution in [-0.2, 0) is 16.1 Å². The van der Waals surface area contributed by atoms with E-state index in [1.165, 1.54) is 0 Å². The maximum Gasteiger partial charge on any atom is 0.253 e. The molecule has 1 heterocycles. The van der Waals surface area contributed by atoms with E-state index in [0.717, 1.165) is 22.6 Å². The maximum absolute atomic E-state index is 13.0. The van der Waals surface area contributed by atoms with Crippen LogP contribution in [0, 0.1) is 12.8 Å². The second-order valence-electron chi connectivity index (χ2n) is 8.31. The van der Waals surface area contributed by atoms with Crippen LogP contribution >= 0.6 is 0 Å². The van der Waals surface area contributed by atoms with E-state index < -0.39 is 5.92 Å². The number of carbonyl (C=O) groups excluding carboxylic acids is 3. The van der Waals surface area contributed by atoms with Gasteiger partial charge in [-0.3, -0.25) is 14.4 Å². The number of para-hydroxylation sites is 1. The van der Waals surface area contributed by atoms with Gasteiger partial charge in [0.05, 0.1) is 24.3 Å². The second kappa shape index (κ2) is 10.2. The minimum absolute atomic E-state index is 0.0868. The molecule has 1 aliphatic heterocycles. The van der Waals surface area contributed by atoms with E-state index in [0.29, 0.717) is 24.3 Å². The number of methoxy groups -OCH3 is 1. The lowest BCUT2D eigenvalue weighted by Crippen LogP contribution is -2.29. The third-order valence-electron chi connectivity index (χ3n) is 5.85. The van der Waals surface area contributed by atoms with Crippen molar-refractivity contribution in [3.63, 3.8) is 0 Å². The van der Waals surface area contributed by atoms with Gasteiger partial charge in [0.2, 0.25) is 11.8 Å². The largest absolute Gasteiger partial charge is 0.497 e. The molecule has 3 amide bonds. The number of ether oxygens (including phenoxy) is 1. The van der Waals surface area contributed by atoms with E-state index in [9.17, 15) is 14.4 Å². The summed E-state index contributed by atoms with van der Waals surface area (Å²) in [5, 5.41) is 5.74. The van der Waals surface area contributed by atoms with Crippen LogP contribution in [0.1, 0.15) is 27.9 Å². The number of hydrogen-bond acceptors (Lipinski definition) is 4. The number of nitrogens with zero attached hydrogens (tertiary/aromatic N) is 1. The lowest BCUT2D eigenvalue weighted by Gasteiger charge is -2.17. The smallest absolute Gasteiger partial charge is 0.253 e. The van der Waals surface area contributed by atoms with Gasteiger partial charge < -0.3 is 20.3 Å². The lowest BCUT2D eigenvalue weighted by molar-refractivity contribution is -0.122. The summed E-state index contributed by atoms with van der Waals surface area (Å²) in [5.74, 6) is -0.413. The van der Waals surface area contributed by atoms with Crippen LogP contribution in [0.2, 0.25) is 0 Å². The molecule has 1 aliphatic rings. The van der Waals surface area contributed by atoms with Gasteiger partial charge in [0.1, 0.15) is 5.75 Å². The van der Waals surface area contributed by atoms with E-state index in [-0.39, 0.29) is 24.1 Å². The molecule has 174 valence electrons. The van der Waals surface area contributed by atoms with Crippen molar-refractivity contribution in [2.24, 2.45) is 5.92 Å². The van der Waals surface area contributed by atoms with Crippen molar-refractivity contribution < 1.29 is 19.1 Å². The molecule has 7 nitrogen and oxygen atoms in total. The molecule has 1 unspecified atom stereocenters. The zero-order valence-electron chi connectivity index (χ0n) is 19.2. The molecule has 0 radical (unpaired) electrons. The maximum atomic E-state index is 13.0. The van der Waals surface area contributed by atoms with Gasteiger partial charge in [-0.05, 0) is 54.4 Å². The number of amides is 3. The average molecular weight is 458 g/mol. The molecule has 4 rings (SSSR count). The molecule has 1 atom stereocenters. The van der Waals surface area contributed by atoms with Crippen LogP contribution in [0.3, 0.4) is 0 Å². The van der Waals surface area contributed by atoms with Crippen LogP contribution in [0.15, 0.2) is 72.8 Å². The summed E-state index contributed by atoms with van der Waals surface area (Å²) in [6.07, 6.45) is 0.131. The van der Waals surface area contributed by atoms with Crippen molar-refractivity contribution in [3.8, 4) is 5.75 Å². The van der Waals surface area contributed by atoms with Crippen LogP contribution in [0.5, 0.6) is 5.75 Å². The van der Waals surface area contributed by atoms with Gasteiger partial charge in [-0.25, -0.2) is 0 Å². The van der Waals surface area contributed by atoms with Crippen molar-refractivity contribution >= 4 is 29.1 Å². The van der Waals surface area contributed by atoms with E-state index >= 15 is 0 Å². The quantitative estimate of drug-likeness (QED) is 0.563. The molecule has 3 aromatic carbocycles. The fourth-order valence-electron chi connectivity index (χ4n) is 3.97. The molecule has 34 heavy (non-hydrogen) atoms. The van der Waals surface area contributed by atoms with Crippen molar-refractivity contribution in [1.29, 1.82) is 0 Å². The van der Waals surface area contributed by atoms with Gasteiger partial charge in [-0.1, -0.05) is 36.4 Å². The Labute approximate surface area is 198 Å². The fourth-order valence-corrected chi connectivity index (χ4v) is 3.97. The normalized spacial score (nSPS) is 15.2. The van der Waals surface area contributed by atoms with Crippen molar-refractivity contribution in [3.05, 3.63) is 89.5 Å². The average Bonchev–Trinajstić information content (AvgIpc) is 3.25. The molecule has 0 aliphatic carbocycles. The summed E-state index contributed by atoms with van der Waals surface area (Å²) < 4.78 is 5.15. The first kappa shape index (κ1) is 23.0. The predicted octanol–water partition coefficient (Wildman–Crippen LogP) is 3.93. The summed E-state index contributed by atoms with van der Waals surface area (Å²) in [7, 11) is 1.60. The minimum atomic E-state index is -0.497. The zero-order valence-corrected chi connectivity index (χ0v) is 19.2. The second-order valence-corrected chi connectivity index (χ2v) is 8.31. The number of benzene rings is 3. The molecule has 2 N–H and O–H groups in total. The number of rotatable bonds is 7. The highest BCUT2D eigenvalue weighted by molar-refractivity contribution is 6.07. The Bertz CT molecular complexity index is 1210. The Kier molecular flexibility index (Phi) is 6.92. The minimum Gasteiger partial charge on any atom is -0.497 e. The number of anilines is 2. The standard InChI is InChI=1S/C27H27N3O4/c1-18-6-5-7-21(14-18)30-17-20(15-25(30)31)26(32)29-24-9-4-3-8-23(24)27(33)28-16-19-10-12-22(34-2)13-11-19/h3-14,20H,15-17H2,1-2H3,(H,28,33)(H,29,32). The van der Waals surface area contributed by atoms with Crippen LogP contribution < -0.4 is 20.3 Å². The van der Waals surface area contributed by atoms with Crippen LogP contribution in [0.25, 0.3) is 0 Å². The summed E-state index contributed by atoms with van der Waals surface area (Å²) in [6.45, 7) is 2.61. The highest BCUT2D eigenvalue weighted by Crippen LogP contribution is 2.27. The van der Waals surface area contributed by atoms with Gasteiger partial charge >= 0.3 is 0 Å². The third-order valence-corrected chi connectivity index (χ3v) is 5.85. The molecule has 1 fully saturated rings. The third kappa shape index (κ3) is 5.26. The molecule has 3 aromatic rings. The molecular formula is C27H27N3O4. The summed E-state index contributed by atoms with van der Waals surface area (Å²) in [6, 6.07) is 21.9. The number of carbonyl (C=O) groups is 3. The molecule has 7 heteroatoms. The topological polar surface area (TPSA) is 87.7 Å². The first-order valence-electron chi connectivity index (χ1n) is 11.1. The van der Waals surface area contributed by atoms with E-state index in [1.54, 1.807) is 36.3 Å². The number of aryl methyl sites for hydroxylation is 1. The predicted molar refractivity (Wildman–Crippen MR) is 131 cm³/mol. The Morgan fingerprint density at radius 3 is 2.53 bits per heavy atom. The van der Waals surface area contributed by atoms with Gasteiger partial charge in [0, 0.05) is 25.2 Å². The van der Waals surface area contributed by atoms with Crippen molar-refractivity contribution in [2.75, 3.05) is 23.9 Å². The Hall–Kier alpha value is -4.13. The van der Waals surface area contributed by atoms with Gasteiger partial charge in [-0.2, -0.15) is 0 Å². The monoisotopic (exact) mass is 457 g/mol. The first-order chi connectivity index (χ1) is 16.4. The first-order valence-corrected chi connectivity index (χ1v) is 11.1. The van der Waals surface area contributed by atoms with Crippen molar-refractivity contribution in [1.82, 2.24) is 5.32 Å². The van der Waals surface area contributed by atoms with Gasteiger partial charge in [0.25, 0.3) is 5.91 Å². The zero-order chi connectivity index (χ0) is 24.1. The van der Waals surface area contributed by atoms with E-state index in [4.69, 9.17) is 4.74 Å². The SMILES string of the molecule is COc1ccc(CNC(=O)c2ccccc2NC(=O)C2CC(=O)N(c3cccc(C)c3)C2)cc1. The lowest BCUT2D eigenvalue weighted by atomic mass is 10.1. The number of nitrogens with one attached hydrogen (secondary N) is 2. The Balaban J connectivity index is 1.40. The Morgan fingerprint density at radius 2 is 1.79 bits per heavy atom. The summed E-state index contributed by atoms with van der Waals surface area (Å²) >= 11 is 0. The fraction of sp³-hybridized carbons (Fsp3) is 0.222. The Morgan fingerprint density at radius 1 is 1.03 bits per heavy atom.